The third-order valence-corrected chi connectivity index (χ3v) is 3.16. The van der Waals surface area contributed by atoms with E-state index in [1.807, 2.05) is 0 Å². The minimum absolute atomic E-state index is 0.0327. The Balaban J connectivity index is 4.86. The summed E-state index contributed by atoms with van der Waals surface area (Å²) in [6.45, 7) is 7.89. The van der Waals surface area contributed by atoms with Crippen LogP contribution in [0, 0.1) is 5.41 Å². The zero-order chi connectivity index (χ0) is 15.9. The molecular weight excluding hydrogens is 258 g/mol. The number of amides is 2. The molecule has 0 spiro atoms. The van der Waals surface area contributed by atoms with Gasteiger partial charge in [-0.3, -0.25) is 14.4 Å². The number of nitrogens with one attached hydrogen (secondary N) is 2. The van der Waals surface area contributed by atoms with Gasteiger partial charge in [-0.1, -0.05) is 20.8 Å². The third kappa shape index (κ3) is 6.14. The number of nitrogens with zero attached hydrogens (tertiary/aromatic N) is 1. The molecule has 0 rings (SSSR count). The van der Waals surface area contributed by atoms with Crippen LogP contribution >= 0.6 is 0 Å². The van der Waals surface area contributed by atoms with Gasteiger partial charge in [0.25, 0.3) is 0 Å². The summed E-state index contributed by atoms with van der Waals surface area (Å²) in [5, 5.41) is 5.65. The highest BCUT2D eigenvalue weighted by Crippen LogP contribution is 2.19. The Hall–Kier alpha value is -1.43. The molecule has 0 aliphatic heterocycles. The second kappa shape index (κ2) is 7.99. The minimum atomic E-state index is -0.754. The lowest BCUT2D eigenvalue weighted by Gasteiger charge is -2.28. The van der Waals surface area contributed by atoms with Crippen molar-refractivity contribution in [3.63, 3.8) is 0 Å². The molecule has 2 N–H and O–H groups in total. The Morgan fingerprint density at radius 3 is 2.10 bits per heavy atom. The molecule has 2 amide bonds. The quantitative estimate of drug-likeness (QED) is 0.654. The summed E-state index contributed by atoms with van der Waals surface area (Å²) in [6.07, 6.45) is 0.0327. The van der Waals surface area contributed by atoms with Gasteiger partial charge in [0.05, 0.1) is 0 Å². The van der Waals surface area contributed by atoms with Gasteiger partial charge in [0.2, 0.25) is 11.8 Å². The van der Waals surface area contributed by atoms with Crippen LogP contribution in [-0.4, -0.2) is 55.7 Å². The molecule has 20 heavy (non-hydrogen) atoms. The van der Waals surface area contributed by atoms with E-state index in [2.05, 4.69) is 10.6 Å². The highest BCUT2D eigenvalue weighted by atomic mass is 16.2. The maximum Gasteiger partial charge on any atom is 0.243 e. The van der Waals surface area contributed by atoms with Gasteiger partial charge in [0.15, 0.2) is 0 Å². The molecule has 116 valence electrons. The van der Waals surface area contributed by atoms with E-state index in [1.165, 1.54) is 11.8 Å². The van der Waals surface area contributed by atoms with Crippen LogP contribution in [0.4, 0.5) is 0 Å². The van der Waals surface area contributed by atoms with Crippen LogP contribution in [0.3, 0.4) is 0 Å². The number of carbonyl (C=O) groups excluding carboxylic acids is 3. The van der Waals surface area contributed by atoms with Crippen molar-refractivity contribution >= 4 is 17.6 Å². The fraction of sp³-hybridized carbons (Fsp3) is 0.786. The van der Waals surface area contributed by atoms with E-state index in [9.17, 15) is 14.4 Å². The summed E-state index contributed by atoms with van der Waals surface area (Å²) in [7, 11) is 3.33. The lowest BCUT2D eigenvalue weighted by molar-refractivity contribution is -0.140. The summed E-state index contributed by atoms with van der Waals surface area (Å²) in [6, 6.07) is -0.754. The van der Waals surface area contributed by atoms with Gasteiger partial charge < -0.3 is 15.5 Å². The summed E-state index contributed by atoms with van der Waals surface area (Å²) in [5.41, 5.74) is -0.527. The Labute approximate surface area is 121 Å². The van der Waals surface area contributed by atoms with Crippen molar-refractivity contribution in [2.24, 2.45) is 5.41 Å². The van der Waals surface area contributed by atoms with Crippen molar-refractivity contribution in [2.45, 2.75) is 40.2 Å². The van der Waals surface area contributed by atoms with E-state index in [1.54, 1.807) is 34.9 Å². The van der Waals surface area contributed by atoms with Crippen LogP contribution in [0.25, 0.3) is 0 Å². The van der Waals surface area contributed by atoms with E-state index in [0.29, 0.717) is 13.1 Å². The average Bonchev–Trinajstić information content (AvgIpc) is 2.33. The van der Waals surface area contributed by atoms with Crippen LogP contribution in [0.5, 0.6) is 0 Å². The van der Waals surface area contributed by atoms with Gasteiger partial charge in [-0.15, -0.1) is 0 Å². The molecule has 0 saturated carbocycles. The molecule has 0 heterocycles. The van der Waals surface area contributed by atoms with Gasteiger partial charge in [-0.2, -0.15) is 0 Å². The lowest BCUT2D eigenvalue weighted by Crippen LogP contribution is -2.50. The van der Waals surface area contributed by atoms with E-state index < -0.39 is 11.5 Å². The molecule has 0 aromatic carbocycles. The van der Waals surface area contributed by atoms with Gasteiger partial charge in [-0.05, 0) is 7.05 Å². The molecule has 0 radical (unpaired) electrons. The van der Waals surface area contributed by atoms with Crippen molar-refractivity contribution < 1.29 is 14.4 Å². The van der Waals surface area contributed by atoms with Gasteiger partial charge in [-0.25, -0.2) is 0 Å². The number of hydrogen-bond donors (Lipinski definition) is 2. The molecule has 0 aliphatic carbocycles. The molecule has 0 aromatic rings. The van der Waals surface area contributed by atoms with Crippen molar-refractivity contribution in [1.29, 1.82) is 0 Å². The lowest BCUT2D eigenvalue weighted by atomic mass is 9.86. The molecule has 0 fully saturated rings. The second-order valence-electron chi connectivity index (χ2n) is 5.92. The van der Waals surface area contributed by atoms with E-state index in [4.69, 9.17) is 0 Å². The molecule has 1 unspecified atom stereocenters. The molecule has 6 nitrogen and oxygen atoms in total. The molecule has 0 bridgehead atoms. The van der Waals surface area contributed by atoms with Crippen LogP contribution < -0.4 is 10.6 Å². The summed E-state index contributed by atoms with van der Waals surface area (Å²) < 4.78 is 0. The first-order chi connectivity index (χ1) is 9.11. The molecule has 0 aromatic heterocycles. The van der Waals surface area contributed by atoms with Gasteiger partial charge in [0.1, 0.15) is 11.8 Å². The molecule has 1 atom stereocenters. The molecule has 0 aliphatic rings. The monoisotopic (exact) mass is 285 g/mol. The Bertz CT molecular complexity index is 361. The second-order valence-corrected chi connectivity index (χ2v) is 5.92. The number of hydrogen-bond acceptors (Lipinski definition) is 4. The highest BCUT2D eigenvalue weighted by molar-refractivity contribution is 5.93. The number of likely N-dealkylation sites (N-methyl/N-ethyl adjacent to an activating group) is 2. The number of rotatable bonds is 7. The smallest absolute Gasteiger partial charge is 0.243 e. The van der Waals surface area contributed by atoms with Gasteiger partial charge >= 0.3 is 0 Å². The van der Waals surface area contributed by atoms with Crippen LogP contribution in [-0.2, 0) is 14.4 Å². The first kappa shape index (κ1) is 18.6. The van der Waals surface area contributed by atoms with E-state index >= 15 is 0 Å². The van der Waals surface area contributed by atoms with Crippen LogP contribution in [0.2, 0.25) is 0 Å². The number of ketones is 1. The van der Waals surface area contributed by atoms with Gasteiger partial charge in [0, 0.05) is 38.9 Å². The fourth-order valence-electron chi connectivity index (χ4n) is 1.54. The Morgan fingerprint density at radius 1 is 1.15 bits per heavy atom. The third-order valence-electron chi connectivity index (χ3n) is 3.16. The summed E-state index contributed by atoms with van der Waals surface area (Å²) >= 11 is 0. The largest absolute Gasteiger partial charge is 0.353 e. The van der Waals surface area contributed by atoms with E-state index in [0.717, 1.165) is 0 Å². The first-order valence-corrected chi connectivity index (χ1v) is 6.80. The Kier molecular flexibility index (Phi) is 7.42. The van der Waals surface area contributed by atoms with Crippen molar-refractivity contribution in [2.75, 3.05) is 27.2 Å². The van der Waals surface area contributed by atoms with Crippen molar-refractivity contribution in [3.05, 3.63) is 0 Å². The summed E-state index contributed by atoms with van der Waals surface area (Å²) in [5.74, 6) is -0.574. The van der Waals surface area contributed by atoms with Crippen molar-refractivity contribution in [3.8, 4) is 0 Å². The minimum Gasteiger partial charge on any atom is -0.353 e. The zero-order valence-electron chi connectivity index (χ0n) is 13.4. The fourth-order valence-corrected chi connectivity index (χ4v) is 1.54. The zero-order valence-corrected chi connectivity index (χ0v) is 13.4. The topological polar surface area (TPSA) is 78.5 Å². The normalized spacial score (nSPS) is 12.7. The van der Waals surface area contributed by atoms with E-state index in [-0.39, 0.29) is 24.0 Å². The number of Topliss-reactive ketones (excluding diaryl/α,β-unsaturated/α-hetero) is 1. The van der Waals surface area contributed by atoms with Crippen LogP contribution in [0.1, 0.15) is 34.1 Å². The molecular formula is C14H27N3O3. The number of carbonyl (C=O) groups is 3. The highest BCUT2D eigenvalue weighted by Gasteiger charge is 2.31. The van der Waals surface area contributed by atoms with Crippen molar-refractivity contribution in [1.82, 2.24) is 15.5 Å². The summed E-state index contributed by atoms with van der Waals surface area (Å²) in [4.78, 5) is 37.0. The Morgan fingerprint density at radius 2 is 1.70 bits per heavy atom. The predicted octanol–water partition coefficient (Wildman–Crippen LogP) is 0.174. The maximum absolute atomic E-state index is 12.1. The predicted molar refractivity (Wildman–Crippen MR) is 78.2 cm³/mol. The standard InChI is InChI=1S/C14H27N3O3/c1-10(18)17(6)11(9-12(19)14(2,3)4)13(20)16-8-7-15-5/h11,15H,7-9H2,1-6H3,(H,16,20). The first-order valence-electron chi connectivity index (χ1n) is 6.80. The molecule has 6 heteroatoms. The van der Waals surface area contributed by atoms with Crippen LogP contribution in [0.15, 0.2) is 0 Å². The average molecular weight is 285 g/mol. The SMILES string of the molecule is CNCCNC(=O)C(CC(=O)C(C)(C)C)N(C)C(C)=O. The maximum atomic E-state index is 12.1. The molecule has 0 saturated heterocycles.